The fourth-order valence-corrected chi connectivity index (χ4v) is 3.28. The smallest absolute Gasteiger partial charge is 0.301 e. The van der Waals surface area contributed by atoms with E-state index in [1.165, 1.54) is 0 Å². The quantitative estimate of drug-likeness (QED) is 0.526. The average Bonchev–Trinajstić information content (AvgIpc) is 2.93. The number of amides is 1. The van der Waals surface area contributed by atoms with Crippen LogP contribution in [0.25, 0.3) is 0 Å². The van der Waals surface area contributed by atoms with Crippen LogP contribution in [0, 0.1) is 6.92 Å². The van der Waals surface area contributed by atoms with Crippen LogP contribution in [0.4, 0.5) is 0 Å². The molecule has 3 rings (SSSR count). The number of nitrogens with one attached hydrogen (secondary N) is 2. The molecule has 2 heterocycles. The minimum Gasteiger partial charge on any atom is -0.455 e. The number of carbonyl (C=O) groups excluding carboxylic acids is 1. The van der Waals surface area contributed by atoms with Crippen molar-refractivity contribution in [1.29, 1.82) is 0 Å². The van der Waals surface area contributed by atoms with Gasteiger partial charge in [0.1, 0.15) is 5.76 Å². The van der Waals surface area contributed by atoms with Gasteiger partial charge in [-0.05, 0) is 39.0 Å². The molecule has 9 heteroatoms. The van der Waals surface area contributed by atoms with Gasteiger partial charge < -0.3 is 15.1 Å². The van der Waals surface area contributed by atoms with Crippen molar-refractivity contribution in [2.45, 2.75) is 26.2 Å². The Morgan fingerprint density at radius 2 is 2.00 bits per heavy atom. The van der Waals surface area contributed by atoms with Gasteiger partial charge in [-0.1, -0.05) is 0 Å². The topological polar surface area (TPSA) is 99.1 Å². The first-order valence-corrected chi connectivity index (χ1v) is 8.85. The lowest BCUT2D eigenvalue weighted by atomic mass is 9.93. The molecule has 0 atom stereocenters. The first-order valence-electron chi connectivity index (χ1n) is 8.45. The zero-order valence-corrected chi connectivity index (χ0v) is 15.4. The Balaban J connectivity index is 1.78. The lowest BCUT2D eigenvalue weighted by Gasteiger charge is -2.32. The third-order valence-electron chi connectivity index (χ3n) is 4.60. The summed E-state index contributed by atoms with van der Waals surface area (Å²) < 4.78 is 5.88. The molecule has 1 fully saturated rings. The van der Waals surface area contributed by atoms with Crippen molar-refractivity contribution in [3.8, 4) is 0 Å². The molecule has 1 aliphatic carbocycles. The predicted octanol–water partition coefficient (Wildman–Crippen LogP) is 0.354. The summed E-state index contributed by atoms with van der Waals surface area (Å²) in [6.07, 6.45) is 2.50. The molecule has 0 unspecified atom stereocenters. The van der Waals surface area contributed by atoms with Crippen molar-refractivity contribution in [2.24, 2.45) is 10.8 Å². The number of piperazine rings is 1. The molecule has 8 nitrogen and oxygen atoms in total. The second-order valence-corrected chi connectivity index (χ2v) is 6.91. The molecule has 1 aliphatic heterocycles. The van der Waals surface area contributed by atoms with Crippen molar-refractivity contribution in [2.75, 3.05) is 33.2 Å². The van der Waals surface area contributed by atoms with E-state index in [4.69, 9.17) is 22.4 Å². The maximum absolute atomic E-state index is 12.6. The molecule has 136 valence electrons. The van der Waals surface area contributed by atoms with E-state index in [9.17, 15) is 4.79 Å². The monoisotopic (exact) mass is 364 g/mol. The number of aryl methyl sites for hydroxylation is 1. The van der Waals surface area contributed by atoms with E-state index in [1.807, 2.05) is 11.9 Å². The zero-order valence-electron chi connectivity index (χ0n) is 14.6. The van der Waals surface area contributed by atoms with Crippen molar-refractivity contribution >= 4 is 28.9 Å². The number of nitrogens with two attached hydrogens (primary N) is 1. The molecule has 4 N–H and O–H groups in total. The van der Waals surface area contributed by atoms with Crippen molar-refractivity contribution in [3.63, 3.8) is 0 Å². The van der Waals surface area contributed by atoms with E-state index in [-0.39, 0.29) is 11.0 Å². The molecule has 0 saturated carbocycles. The van der Waals surface area contributed by atoms with Gasteiger partial charge in [0, 0.05) is 43.7 Å². The Bertz CT molecular complexity index is 706. The summed E-state index contributed by atoms with van der Waals surface area (Å²) in [7, 11) is 2.08. The van der Waals surface area contributed by atoms with Crippen LogP contribution in [0.5, 0.6) is 0 Å². The number of hydrogen-bond acceptors (Lipinski definition) is 6. The Hall–Kier alpha value is -1.97. The average molecular weight is 364 g/mol. The fraction of sp³-hybridized carbons (Fsp3) is 0.562. The van der Waals surface area contributed by atoms with Crippen molar-refractivity contribution < 1.29 is 9.21 Å². The summed E-state index contributed by atoms with van der Waals surface area (Å²) in [6, 6.07) is 0. The third kappa shape index (κ3) is 4.00. The van der Waals surface area contributed by atoms with Crippen LogP contribution >= 0.6 is 12.2 Å². The number of thiocarbonyl (C=S) groups is 1. The third-order valence-corrected chi connectivity index (χ3v) is 4.69. The highest BCUT2D eigenvalue weighted by atomic mass is 32.1. The summed E-state index contributed by atoms with van der Waals surface area (Å²) in [5.74, 6) is 0.947. The van der Waals surface area contributed by atoms with E-state index in [2.05, 4.69) is 27.9 Å². The summed E-state index contributed by atoms with van der Waals surface area (Å²) >= 11 is 4.80. The van der Waals surface area contributed by atoms with Crippen LogP contribution in [0.15, 0.2) is 9.52 Å². The van der Waals surface area contributed by atoms with E-state index < -0.39 is 0 Å². The summed E-state index contributed by atoms with van der Waals surface area (Å²) in [6.45, 7) is 5.34. The molecule has 1 aromatic rings. The molecular formula is C16H24N6O2S. The number of hydrazone groups is 1. The van der Waals surface area contributed by atoms with Crippen LogP contribution in [-0.4, -0.2) is 59.9 Å². The minimum absolute atomic E-state index is 0.119. The maximum Gasteiger partial charge on any atom is 0.301 e. The SMILES string of the molecule is Cc1c(C(=O)NN2CCN(C)CC2)oc2c1/C(=N/NC(N)=S)CCC2. The Labute approximate surface area is 152 Å². The van der Waals surface area contributed by atoms with Crippen LogP contribution in [-0.2, 0) is 6.42 Å². The number of carbonyl (C=O) groups is 1. The van der Waals surface area contributed by atoms with Crippen LogP contribution < -0.4 is 16.6 Å². The number of fused-ring (bicyclic) bond motifs is 1. The van der Waals surface area contributed by atoms with Crippen molar-refractivity contribution in [1.82, 2.24) is 20.8 Å². The number of likely N-dealkylation sites (N-methyl/N-ethyl adjacent to an activating group) is 1. The van der Waals surface area contributed by atoms with Gasteiger partial charge in [-0.15, -0.1) is 0 Å². The number of hydrazine groups is 1. The first-order chi connectivity index (χ1) is 12.0. The summed E-state index contributed by atoms with van der Waals surface area (Å²) in [5.41, 5.74) is 13.6. The number of furan rings is 1. The Morgan fingerprint density at radius 3 is 2.68 bits per heavy atom. The van der Waals surface area contributed by atoms with Gasteiger partial charge in [-0.3, -0.25) is 15.6 Å². The van der Waals surface area contributed by atoms with E-state index >= 15 is 0 Å². The van der Waals surface area contributed by atoms with Gasteiger partial charge in [0.25, 0.3) is 0 Å². The van der Waals surface area contributed by atoms with E-state index in [0.29, 0.717) is 5.76 Å². The normalized spacial score (nSPS) is 20.3. The highest BCUT2D eigenvalue weighted by Crippen LogP contribution is 2.29. The summed E-state index contributed by atoms with van der Waals surface area (Å²) in [4.78, 5) is 14.9. The van der Waals surface area contributed by atoms with E-state index in [1.54, 1.807) is 0 Å². The van der Waals surface area contributed by atoms with Crippen LogP contribution in [0.2, 0.25) is 0 Å². The molecule has 2 aliphatic rings. The molecule has 0 spiro atoms. The van der Waals surface area contributed by atoms with Crippen LogP contribution in [0.3, 0.4) is 0 Å². The maximum atomic E-state index is 12.6. The zero-order chi connectivity index (χ0) is 18.0. The molecule has 1 saturated heterocycles. The second-order valence-electron chi connectivity index (χ2n) is 6.47. The highest BCUT2D eigenvalue weighted by Gasteiger charge is 2.29. The minimum atomic E-state index is -0.210. The van der Waals surface area contributed by atoms with Gasteiger partial charge >= 0.3 is 5.91 Å². The van der Waals surface area contributed by atoms with Gasteiger partial charge in [-0.25, -0.2) is 5.01 Å². The Kier molecular flexibility index (Phi) is 5.36. The molecule has 0 bridgehead atoms. The molecule has 0 radical (unpaired) electrons. The lowest BCUT2D eigenvalue weighted by Crippen LogP contribution is -2.52. The number of nitrogens with zero attached hydrogens (tertiary/aromatic N) is 3. The molecule has 1 amide bonds. The van der Waals surface area contributed by atoms with Crippen LogP contribution in [0.1, 0.15) is 40.3 Å². The fourth-order valence-electron chi connectivity index (χ4n) is 3.23. The molecule has 1 aromatic heterocycles. The number of hydrogen-bond donors (Lipinski definition) is 3. The standard InChI is InChI=1S/C16H24N6O2S/c1-10-13-11(18-19-16(17)25)4-3-5-12(13)24-14(10)15(23)20-22-8-6-21(2)7-9-22/h3-9H2,1-2H3,(H,20,23)(H3,17,19,25)/b18-11+. The van der Waals surface area contributed by atoms with Gasteiger partial charge in [-0.2, -0.15) is 5.10 Å². The van der Waals surface area contributed by atoms with Crippen molar-refractivity contribution in [3.05, 3.63) is 22.6 Å². The largest absolute Gasteiger partial charge is 0.455 e. The lowest BCUT2D eigenvalue weighted by molar-refractivity contribution is 0.0634. The van der Waals surface area contributed by atoms with Gasteiger partial charge in [0.15, 0.2) is 10.9 Å². The second kappa shape index (κ2) is 7.51. The van der Waals surface area contributed by atoms with Gasteiger partial charge in [0.05, 0.1) is 5.71 Å². The first kappa shape index (κ1) is 17.8. The highest BCUT2D eigenvalue weighted by molar-refractivity contribution is 7.80. The van der Waals surface area contributed by atoms with E-state index in [0.717, 1.165) is 68.0 Å². The number of rotatable bonds is 3. The van der Waals surface area contributed by atoms with Gasteiger partial charge in [0.2, 0.25) is 0 Å². The summed E-state index contributed by atoms with van der Waals surface area (Å²) in [5, 5.41) is 6.33. The molecule has 25 heavy (non-hydrogen) atoms. The predicted molar refractivity (Wildman–Crippen MR) is 99.4 cm³/mol. The molecule has 0 aromatic carbocycles. The Morgan fingerprint density at radius 1 is 1.28 bits per heavy atom. The molecular weight excluding hydrogens is 340 g/mol.